The first kappa shape index (κ1) is 13.5. The van der Waals surface area contributed by atoms with Gasteiger partial charge in [0.2, 0.25) is 5.91 Å². The normalized spacial score (nSPS) is 18.8. The van der Waals surface area contributed by atoms with Crippen molar-refractivity contribution >= 4 is 5.91 Å². The molecular weight excluding hydrogens is 200 g/mol. The summed E-state index contributed by atoms with van der Waals surface area (Å²) >= 11 is 0. The number of hydrogen-bond donors (Lipinski definition) is 2. The topological polar surface area (TPSA) is 55.1 Å². The number of amides is 1. The van der Waals surface area contributed by atoms with Crippen LogP contribution in [0.2, 0.25) is 0 Å². The van der Waals surface area contributed by atoms with E-state index in [0.29, 0.717) is 0 Å². The van der Waals surface area contributed by atoms with E-state index in [2.05, 4.69) is 5.32 Å². The van der Waals surface area contributed by atoms with Gasteiger partial charge < -0.3 is 11.1 Å². The van der Waals surface area contributed by atoms with E-state index in [-0.39, 0.29) is 11.8 Å². The highest BCUT2D eigenvalue weighted by Crippen LogP contribution is 2.22. The van der Waals surface area contributed by atoms with Crippen molar-refractivity contribution in [3.05, 3.63) is 0 Å². The minimum absolute atomic E-state index is 0.276. The van der Waals surface area contributed by atoms with Gasteiger partial charge in [-0.3, -0.25) is 4.79 Å². The third-order valence-electron chi connectivity index (χ3n) is 3.41. The van der Waals surface area contributed by atoms with Crippen molar-refractivity contribution in [1.82, 2.24) is 5.32 Å². The highest BCUT2D eigenvalue weighted by atomic mass is 16.1. The molecule has 3 heteroatoms. The lowest BCUT2D eigenvalue weighted by atomic mass is 9.90. The van der Waals surface area contributed by atoms with Gasteiger partial charge in [0.25, 0.3) is 0 Å². The van der Waals surface area contributed by atoms with Crippen LogP contribution in [0.3, 0.4) is 0 Å². The second-order valence-corrected chi connectivity index (χ2v) is 4.83. The lowest BCUT2D eigenvalue weighted by Gasteiger charge is -2.19. The maximum absolute atomic E-state index is 11.9. The third-order valence-corrected chi connectivity index (χ3v) is 3.41. The smallest absolute Gasteiger partial charge is 0.223 e. The molecule has 0 spiro atoms. The molecule has 1 rings (SSSR count). The molecule has 1 fully saturated rings. The largest absolute Gasteiger partial charge is 0.356 e. The van der Waals surface area contributed by atoms with Gasteiger partial charge in [-0.25, -0.2) is 0 Å². The summed E-state index contributed by atoms with van der Waals surface area (Å²) in [6, 6.07) is 0. The van der Waals surface area contributed by atoms with Crippen LogP contribution in [0.25, 0.3) is 0 Å². The number of unbranched alkanes of at least 4 members (excludes halogenated alkanes) is 1. The standard InChI is InChI=1S/C13H26N2O/c14-10-6-7-11-15-13(16)12-8-4-2-1-3-5-9-12/h12H,1-11,14H2,(H,15,16). The van der Waals surface area contributed by atoms with Crippen LogP contribution in [-0.2, 0) is 4.79 Å². The Morgan fingerprint density at radius 2 is 1.69 bits per heavy atom. The highest BCUT2D eigenvalue weighted by Gasteiger charge is 2.18. The van der Waals surface area contributed by atoms with Gasteiger partial charge in [-0.15, -0.1) is 0 Å². The molecule has 0 radical (unpaired) electrons. The van der Waals surface area contributed by atoms with Gasteiger partial charge in [0.15, 0.2) is 0 Å². The molecule has 3 N–H and O–H groups in total. The molecule has 0 aliphatic heterocycles. The molecule has 0 aromatic carbocycles. The van der Waals surface area contributed by atoms with Crippen LogP contribution >= 0.6 is 0 Å². The Morgan fingerprint density at radius 1 is 1.06 bits per heavy atom. The quantitative estimate of drug-likeness (QED) is 0.706. The average Bonchev–Trinajstić information content (AvgIpc) is 2.23. The van der Waals surface area contributed by atoms with E-state index in [1.54, 1.807) is 0 Å². The van der Waals surface area contributed by atoms with Crippen LogP contribution in [-0.4, -0.2) is 19.0 Å². The molecule has 3 nitrogen and oxygen atoms in total. The lowest BCUT2D eigenvalue weighted by molar-refractivity contribution is -0.125. The first-order valence-corrected chi connectivity index (χ1v) is 6.82. The second-order valence-electron chi connectivity index (χ2n) is 4.83. The molecule has 1 amide bonds. The Morgan fingerprint density at radius 3 is 2.31 bits per heavy atom. The van der Waals surface area contributed by atoms with E-state index in [1.807, 2.05) is 0 Å². The molecule has 0 heterocycles. The van der Waals surface area contributed by atoms with Gasteiger partial charge in [-0.1, -0.05) is 32.1 Å². The van der Waals surface area contributed by atoms with Crippen molar-refractivity contribution in [3.63, 3.8) is 0 Å². The summed E-state index contributed by atoms with van der Waals surface area (Å²) in [5.41, 5.74) is 5.41. The maximum Gasteiger partial charge on any atom is 0.223 e. The SMILES string of the molecule is NCCCCNC(=O)C1CCCCCCC1. The van der Waals surface area contributed by atoms with E-state index in [1.165, 1.54) is 32.1 Å². The van der Waals surface area contributed by atoms with E-state index in [9.17, 15) is 4.79 Å². The zero-order valence-corrected chi connectivity index (χ0v) is 10.3. The predicted molar refractivity (Wildman–Crippen MR) is 67.1 cm³/mol. The Labute approximate surface area is 99.2 Å². The van der Waals surface area contributed by atoms with Crippen LogP contribution in [0, 0.1) is 5.92 Å². The first-order valence-electron chi connectivity index (χ1n) is 6.82. The van der Waals surface area contributed by atoms with Crippen molar-refractivity contribution in [1.29, 1.82) is 0 Å². The Balaban J connectivity index is 2.17. The van der Waals surface area contributed by atoms with Gasteiger partial charge in [-0.05, 0) is 32.2 Å². The van der Waals surface area contributed by atoms with Crippen molar-refractivity contribution in [2.24, 2.45) is 11.7 Å². The number of rotatable bonds is 5. The molecule has 0 unspecified atom stereocenters. The van der Waals surface area contributed by atoms with Crippen molar-refractivity contribution in [3.8, 4) is 0 Å². The summed E-state index contributed by atoms with van der Waals surface area (Å²) in [5, 5.41) is 3.04. The summed E-state index contributed by atoms with van der Waals surface area (Å²) in [5.74, 6) is 0.553. The molecule has 1 aliphatic rings. The number of nitrogens with two attached hydrogens (primary N) is 1. The fourth-order valence-corrected chi connectivity index (χ4v) is 2.34. The minimum atomic E-state index is 0.276. The molecular formula is C13H26N2O. The third kappa shape index (κ3) is 5.50. The maximum atomic E-state index is 11.9. The molecule has 0 aromatic heterocycles. The van der Waals surface area contributed by atoms with Gasteiger partial charge in [0, 0.05) is 12.5 Å². The van der Waals surface area contributed by atoms with Gasteiger partial charge in [0.1, 0.15) is 0 Å². The summed E-state index contributed by atoms with van der Waals surface area (Å²) in [6.07, 6.45) is 10.6. The van der Waals surface area contributed by atoms with Crippen LogP contribution in [0.4, 0.5) is 0 Å². The Kier molecular flexibility index (Phi) is 7.23. The number of hydrogen-bond acceptors (Lipinski definition) is 2. The predicted octanol–water partition coefficient (Wildman–Crippen LogP) is 2.20. The number of nitrogens with one attached hydrogen (secondary N) is 1. The van der Waals surface area contributed by atoms with Gasteiger partial charge >= 0.3 is 0 Å². The van der Waals surface area contributed by atoms with Crippen molar-refractivity contribution in [2.45, 2.75) is 57.8 Å². The summed E-state index contributed by atoms with van der Waals surface area (Å²) in [4.78, 5) is 11.9. The average molecular weight is 226 g/mol. The summed E-state index contributed by atoms with van der Waals surface area (Å²) in [6.45, 7) is 1.52. The lowest BCUT2D eigenvalue weighted by Crippen LogP contribution is -2.32. The van der Waals surface area contributed by atoms with Crippen LogP contribution in [0.15, 0.2) is 0 Å². The Bertz CT molecular complexity index is 186. The van der Waals surface area contributed by atoms with E-state index >= 15 is 0 Å². The van der Waals surface area contributed by atoms with E-state index < -0.39 is 0 Å². The van der Waals surface area contributed by atoms with E-state index in [0.717, 1.165) is 38.8 Å². The second kappa shape index (κ2) is 8.57. The van der Waals surface area contributed by atoms with Crippen LogP contribution in [0.1, 0.15) is 57.8 Å². The van der Waals surface area contributed by atoms with Crippen molar-refractivity contribution in [2.75, 3.05) is 13.1 Å². The van der Waals surface area contributed by atoms with Gasteiger partial charge in [0.05, 0.1) is 0 Å². The molecule has 1 aliphatic carbocycles. The molecule has 16 heavy (non-hydrogen) atoms. The summed E-state index contributed by atoms with van der Waals surface area (Å²) < 4.78 is 0. The number of carbonyl (C=O) groups is 1. The number of carbonyl (C=O) groups excluding carboxylic acids is 1. The van der Waals surface area contributed by atoms with Crippen molar-refractivity contribution < 1.29 is 4.79 Å². The zero-order chi connectivity index (χ0) is 11.6. The molecule has 0 saturated heterocycles. The fraction of sp³-hybridized carbons (Fsp3) is 0.923. The van der Waals surface area contributed by atoms with Crippen LogP contribution in [0.5, 0.6) is 0 Å². The zero-order valence-electron chi connectivity index (χ0n) is 10.3. The molecule has 0 aromatic rings. The highest BCUT2D eigenvalue weighted by molar-refractivity contribution is 5.78. The molecule has 0 bridgehead atoms. The monoisotopic (exact) mass is 226 g/mol. The minimum Gasteiger partial charge on any atom is -0.356 e. The Hall–Kier alpha value is -0.570. The molecule has 1 saturated carbocycles. The summed E-state index contributed by atoms with van der Waals surface area (Å²) in [7, 11) is 0. The first-order chi connectivity index (χ1) is 7.84. The molecule has 0 atom stereocenters. The fourth-order valence-electron chi connectivity index (χ4n) is 2.34. The molecule has 94 valence electrons. The van der Waals surface area contributed by atoms with Gasteiger partial charge in [-0.2, -0.15) is 0 Å². The van der Waals surface area contributed by atoms with Crippen LogP contribution < -0.4 is 11.1 Å². The van der Waals surface area contributed by atoms with E-state index in [4.69, 9.17) is 5.73 Å².